The van der Waals surface area contributed by atoms with E-state index in [2.05, 4.69) is 74.5 Å². The van der Waals surface area contributed by atoms with Crippen molar-refractivity contribution in [1.29, 1.82) is 0 Å². The SMILES string of the molecule is CCCCCCCCCCC(CCCCCCCC)C(=O)O.c1ccc(Pc2ccccc2)cc1. The number of rotatable bonds is 19. The van der Waals surface area contributed by atoms with Crippen LogP contribution in [0.5, 0.6) is 0 Å². The van der Waals surface area contributed by atoms with Gasteiger partial charge in [0.1, 0.15) is 0 Å². The van der Waals surface area contributed by atoms with E-state index in [0.717, 1.165) is 34.3 Å². The molecule has 0 radical (unpaired) electrons. The molecule has 1 N–H and O–H groups in total. The highest BCUT2D eigenvalue weighted by Gasteiger charge is 2.16. The largest absolute Gasteiger partial charge is 0.481 e. The molecule has 0 saturated heterocycles. The Labute approximate surface area is 218 Å². The number of unbranched alkanes of at least 4 members (excludes halogenated alkanes) is 12. The summed E-state index contributed by atoms with van der Waals surface area (Å²) in [5, 5.41) is 12.1. The van der Waals surface area contributed by atoms with E-state index in [1.807, 2.05) is 0 Å². The lowest BCUT2D eigenvalue weighted by Gasteiger charge is -2.12. The second-order valence-electron chi connectivity index (χ2n) is 9.71. The quantitative estimate of drug-likeness (QED) is 0.155. The normalized spacial score (nSPS) is 11.5. The average Bonchev–Trinajstić information content (AvgIpc) is 2.88. The molecule has 0 aromatic heterocycles. The van der Waals surface area contributed by atoms with Crippen LogP contribution >= 0.6 is 8.58 Å². The van der Waals surface area contributed by atoms with Gasteiger partial charge in [-0.1, -0.05) is 173 Å². The van der Waals surface area contributed by atoms with E-state index in [4.69, 9.17) is 0 Å². The van der Waals surface area contributed by atoms with Gasteiger partial charge < -0.3 is 5.11 Å². The van der Waals surface area contributed by atoms with E-state index < -0.39 is 5.97 Å². The van der Waals surface area contributed by atoms with Crippen molar-refractivity contribution in [2.24, 2.45) is 5.92 Å². The van der Waals surface area contributed by atoms with Crippen molar-refractivity contribution >= 4 is 25.2 Å². The molecule has 0 heterocycles. The Morgan fingerprint density at radius 3 is 1.29 bits per heavy atom. The summed E-state index contributed by atoms with van der Waals surface area (Å²) < 4.78 is 0. The number of benzene rings is 2. The van der Waals surface area contributed by atoms with E-state index in [1.165, 1.54) is 87.7 Å². The fourth-order valence-corrected chi connectivity index (χ4v) is 5.35. The minimum Gasteiger partial charge on any atom is -0.481 e. The third-order valence-corrected chi connectivity index (χ3v) is 7.74. The third kappa shape index (κ3) is 18.3. The van der Waals surface area contributed by atoms with Crippen LogP contribution in [0.4, 0.5) is 0 Å². The Kier molecular flexibility index (Phi) is 20.4. The van der Waals surface area contributed by atoms with Gasteiger partial charge in [-0.3, -0.25) is 4.79 Å². The average molecular weight is 499 g/mol. The van der Waals surface area contributed by atoms with Gasteiger partial charge in [-0.25, -0.2) is 0 Å². The van der Waals surface area contributed by atoms with Crippen molar-refractivity contribution in [2.45, 2.75) is 117 Å². The Hall–Kier alpha value is -1.66. The maximum absolute atomic E-state index is 11.3. The number of aliphatic carboxylic acids is 1. The molecule has 2 aromatic rings. The molecule has 2 nitrogen and oxygen atoms in total. The van der Waals surface area contributed by atoms with Crippen LogP contribution in [0.3, 0.4) is 0 Å². The molecule has 0 saturated carbocycles. The number of carboxylic acids is 1. The van der Waals surface area contributed by atoms with E-state index in [1.54, 1.807) is 0 Å². The first-order valence-electron chi connectivity index (χ1n) is 14.3. The van der Waals surface area contributed by atoms with E-state index in [-0.39, 0.29) is 5.92 Å². The van der Waals surface area contributed by atoms with Gasteiger partial charge in [-0.05, 0) is 23.5 Å². The van der Waals surface area contributed by atoms with Gasteiger partial charge in [-0.15, -0.1) is 0 Å². The standard InChI is InChI=1S/C20H40O2.C12H11P/c1-3-5-7-9-11-12-14-16-18-19(20(21)22)17-15-13-10-8-6-4-2;1-3-7-11(8-4-1)13-12-9-5-2-6-10-12/h19H,3-18H2,1-2H3,(H,21,22);1-10,13H. The lowest BCUT2D eigenvalue weighted by Crippen LogP contribution is -2.13. The zero-order chi connectivity index (χ0) is 25.4. The third-order valence-electron chi connectivity index (χ3n) is 6.50. The number of hydrogen-bond acceptors (Lipinski definition) is 1. The Morgan fingerprint density at radius 1 is 0.600 bits per heavy atom. The van der Waals surface area contributed by atoms with Crippen molar-refractivity contribution in [3.63, 3.8) is 0 Å². The molecular formula is C32H51O2P. The molecule has 0 fully saturated rings. The first-order valence-corrected chi connectivity index (χ1v) is 15.3. The van der Waals surface area contributed by atoms with Crippen molar-refractivity contribution in [3.8, 4) is 0 Å². The summed E-state index contributed by atoms with van der Waals surface area (Å²) in [6.07, 6.45) is 19.6. The summed E-state index contributed by atoms with van der Waals surface area (Å²) in [6.45, 7) is 4.47. The van der Waals surface area contributed by atoms with Gasteiger partial charge in [0, 0.05) is 0 Å². The highest BCUT2D eigenvalue weighted by Crippen LogP contribution is 2.19. The van der Waals surface area contributed by atoms with Crippen LogP contribution < -0.4 is 10.6 Å². The van der Waals surface area contributed by atoms with Crippen LogP contribution in [0, 0.1) is 5.92 Å². The van der Waals surface area contributed by atoms with Crippen LogP contribution in [0.15, 0.2) is 60.7 Å². The number of carboxylic acid groups (broad SMARTS) is 1. The molecule has 0 bridgehead atoms. The first kappa shape index (κ1) is 31.4. The molecular weight excluding hydrogens is 447 g/mol. The van der Waals surface area contributed by atoms with Crippen molar-refractivity contribution in [1.82, 2.24) is 0 Å². The van der Waals surface area contributed by atoms with Gasteiger partial charge in [0.05, 0.1) is 5.92 Å². The molecule has 0 aliphatic rings. The number of hydrogen-bond donors (Lipinski definition) is 1. The monoisotopic (exact) mass is 498 g/mol. The number of carbonyl (C=O) groups is 1. The van der Waals surface area contributed by atoms with Crippen molar-refractivity contribution in [2.75, 3.05) is 0 Å². The lowest BCUT2D eigenvalue weighted by molar-refractivity contribution is -0.142. The molecule has 0 amide bonds. The molecule has 35 heavy (non-hydrogen) atoms. The summed E-state index contributed by atoms with van der Waals surface area (Å²) in [7, 11) is 0.777. The minimum absolute atomic E-state index is 0.0914. The van der Waals surface area contributed by atoms with E-state index >= 15 is 0 Å². The second-order valence-corrected chi connectivity index (χ2v) is 11.1. The molecule has 2 rings (SSSR count). The maximum Gasteiger partial charge on any atom is 0.306 e. The van der Waals surface area contributed by atoms with Crippen molar-refractivity contribution < 1.29 is 9.90 Å². The minimum atomic E-state index is -0.573. The Balaban J connectivity index is 0.000000394. The van der Waals surface area contributed by atoms with Gasteiger partial charge >= 0.3 is 5.97 Å². The molecule has 0 spiro atoms. The molecule has 3 heteroatoms. The highest BCUT2D eigenvalue weighted by atomic mass is 31.1. The maximum atomic E-state index is 11.3. The molecule has 1 atom stereocenters. The predicted molar refractivity (Wildman–Crippen MR) is 157 cm³/mol. The van der Waals surface area contributed by atoms with E-state index in [0.29, 0.717) is 0 Å². The topological polar surface area (TPSA) is 37.3 Å². The molecule has 0 aliphatic carbocycles. The molecule has 196 valence electrons. The summed E-state index contributed by atoms with van der Waals surface area (Å²) in [5.74, 6) is -0.664. The van der Waals surface area contributed by atoms with Gasteiger partial charge in [0.2, 0.25) is 0 Å². The van der Waals surface area contributed by atoms with Crippen LogP contribution in [0.2, 0.25) is 0 Å². The smallest absolute Gasteiger partial charge is 0.306 e. The summed E-state index contributed by atoms with van der Waals surface area (Å²) in [6, 6.07) is 21.2. The van der Waals surface area contributed by atoms with Crippen LogP contribution in [0.25, 0.3) is 0 Å². The molecule has 1 unspecified atom stereocenters. The van der Waals surface area contributed by atoms with Crippen LogP contribution in [0.1, 0.15) is 117 Å². The first-order chi connectivity index (χ1) is 17.2. The zero-order valence-corrected chi connectivity index (χ0v) is 23.5. The summed E-state index contributed by atoms with van der Waals surface area (Å²) in [4.78, 5) is 11.3. The predicted octanol–water partition coefficient (Wildman–Crippen LogP) is 9.28. The van der Waals surface area contributed by atoms with Crippen LogP contribution in [-0.2, 0) is 4.79 Å². The fourth-order valence-electron chi connectivity index (χ4n) is 4.30. The fraction of sp³-hybridized carbons (Fsp3) is 0.594. The summed E-state index contributed by atoms with van der Waals surface area (Å²) >= 11 is 0. The zero-order valence-electron chi connectivity index (χ0n) is 22.5. The lowest BCUT2D eigenvalue weighted by atomic mass is 9.94. The Morgan fingerprint density at radius 2 is 0.943 bits per heavy atom. The Bertz CT molecular complexity index is 679. The second kappa shape index (κ2) is 22.8. The van der Waals surface area contributed by atoms with Gasteiger partial charge in [0.25, 0.3) is 0 Å². The summed E-state index contributed by atoms with van der Waals surface area (Å²) in [5.41, 5.74) is 0. The van der Waals surface area contributed by atoms with Gasteiger partial charge in [0.15, 0.2) is 0 Å². The van der Waals surface area contributed by atoms with Gasteiger partial charge in [-0.2, -0.15) is 0 Å². The van der Waals surface area contributed by atoms with Crippen LogP contribution in [-0.4, -0.2) is 11.1 Å². The van der Waals surface area contributed by atoms with Crippen molar-refractivity contribution in [3.05, 3.63) is 60.7 Å². The highest BCUT2D eigenvalue weighted by molar-refractivity contribution is 7.55. The van der Waals surface area contributed by atoms with E-state index in [9.17, 15) is 9.90 Å². The molecule has 2 aromatic carbocycles. The molecule has 0 aliphatic heterocycles.